The van der Waals surface area contributed by atoms with Gasteiger partial charge in [0.1, 0.15) is 0 Å². The van der Waals surface area contributed by atoms with Crippen molar-refractivity contribution in [1.29, 1.82) is 0 Å². The summed E-state index contributed by atoms with van der Waals surface area (Å²) in [6.07, 6.45) is 4.04. The van der Waals surface area contributed by atoms with Crippen molar-refractivity contribution < 1.29 is 9.53 Å². The second-order valence-corrected chi connectivity index (χ2v) is 3.87. The van der Waals surface area contributed by atoms with Gasteiger partial charge in [-0.25, -0.2) is 0 Å². The predicted octanol–water partition coefficient (Wildman–Crippen LogP) is 0.267. The van der Waals surface area contributed by atoms with Crippen molar-refractivity contribution >= 4 is 5.91 Å². The molecule has 1 aliphatic rings. The van der Waals surface area contributed by atoms with Gasteiger partial charge in [0, 0.05) is 13.0 Å². The lowest BCUT2D eigenvalue weighted by Crippen LogP contribution is -2.44. The molecule has 0 aromatic rings. The molecular formula is C10H20N2O2. The molecule has 0 radical (unpaired) electrons. The van der Waals surface area contributed by atoms with Crippen LogP contribution in [0.25, 0.3) is 0 Å². The highest BCUT2D eigenvalue weighted by atomic mass is 16.5. The highest BCUT2D eigenvalue weighted by Gasteiger charge is 2.26. The summed E-state index contributed by atoms with van der Waals surface area (Å²) >= 11 is 0. The van der Waals surface area contributed by atoms with E-state index in [1.807, 2.05) is 0 Å². The summed E-state index contributed by atoms with van der Waals surface area (Å²) in [5, 5.41) is 2.98. The van der Waals surface area contributed by atoms with E-state index in [9.17, 15) is 4.79 Å². The second-order valence-electron chi connectivity index (χ2n) is 3.87. The number of carbonyl (C=O) groups is 1. The molecule has 1 amide bonds. The number of methoxy groups -OCH3 is 1. The largest absolute Gasteiger partial charge is 0.383 e. The van der Waals surface area contributed by atoms with E-state index in [2.05, 4.69) is 5.32 Å². The van der Waals surface area contributed by atoms with Crippen LogP contribution in [-0.2, 0) is 9.53 Å². The molecule has 1 saturated carbocycles. The van der Waals surface area contributed by atoms with E-state index >= 15 is 0 Å². The summed E-state index contributed by atoms with van der Waals surface area (Å²) in [4.78, 5) is 11.6. The lowest BCUT2D eigenvalue weighted by Gasteiger charge is -2.27. The molecular weight excluding hydrogens is 180 g/mol. The maximum absolute atomic E-state index is 11.6. The maximum atomic E-state index is 11.6. The third kappa shape index (κ3) is 3.27. The molecule has 4 nitrogen and oxygen atoms in total. The van der Waals surface area contributed by atoms with Gasteiger partial charge in [0.05, 0.1) is 12.6 Å². The van der Waals surface area contributed by atoms with Crippen LogP contribution in [0.15, 0.2) is 0 Å². The summed E-state index contributed by atoms with van der Waals surface area (Å²) < 4.78 is 5.02. The SMILES string of the molecule is COCC(CCN)NC(=O)C1CCC1. The first-order valence-electron chi connectivity index (χ1n) is 5.27. The normalized spacial score (nSPS) is 18.7. The van der Waals surface area contributed by atoms with Gasteiger partial charge < -0.3 is 15.8 Å². The Hall–Kier alpha value is -0.610. The van der Waals surface area contributed by atoms with Gasteiger partial charge in [-0.05, 0) is 25.8 Å². The van der Waals surface area contributed by atoms with Crippen molar-refractivity contribution in [2.24, 2.45) is 11.7 Å². The molecule has 0 bridgehead atoms. The minimum Gasteiger partial charge on any atom is -0.383 e. The van der Waals surface area contributed by atoms with Crippen molar-refractivity contribution in [3.63, 3.8) is 0 Å². The molecule has 82 valence electrons. The number of hydrogen-bond donors (Lipinski definition) is 2. The van der Waals surface area contributed by atoms with Gasteiger partial charge in [0.2, 0.25) is 5.91 Å². The predicted molar refractivity (Wildman–Crippen MR) is 54.8 cm³/mol. The average Bonchev–Trinajstić information content (AvgIpc) is 2.01. The Kier molecular flexibility index (Phi) is 4.90. The first kappa shape index (κ1) is 11.5. The molecule has 1 fully saturated rings. The highest BCUT2D eigenvalue weighted by Crippen LogP contribution is 2.26. The first-order valence-corrected chi connectivity index (χ1v) is 5.27. The standard InChI is InChI=1S/C10H20N2O2/c1-14-7-9(5-6-11)12-10(13)8-3-2-4-8/h8-9H,2-7,11H2,1H3,(H,12,13). The number of ether oxygens (including phenoxy) is 1. The van der Waals surface area contributed by atoms with Crippen LogP contribution in [0.2, 0.25) is 0 Å². The second kappa shape index (κ2) is 5.98. The molecule has 0 aromatic carbocycles. The smallest absolute Gasteiger partial charge is 0.223 e. The van der Waals surface area contributed by atoms with Gasteiger partial charge in [-0.15, -0.1) is 0 Å². The van der Waals surface area contributed by atoms with Gasteiger partial charge >= 0.3 is 0 Å². The molecule has 1 aliphatic carbocycles. The molecule has 0 aliphatic heterocycles. The van der Waals surface area contributed by atoms with E-state index in [1.165, 1.54) is 6.42 Å². The Bertz CT molecular complexity index is 175. The van der Waals surface area contributed by atoms with Crippen molar-refractivity contribution in [3.05, 3.63) is 0 Å². The van der Waals surface area contributed by atoms with E-state index in [4.69, 9.17) is 10.5 Å². The van der Waals surface area contributed by atoms with Crippen LogP contribution in [0.3, 0.4) is 0 Å². The van der Waals surface area contributed by atoms with Crippen molar-refractivity contribution in [2.75, 3.05) is 20.3 Å². The Labute approximate surface area is 85.2 Å². The number of hydrogen-bond acceptors (Lipinski definition) is 3. The molecule has 3 N–H and O–H groups in total. The van der Waals surface area contributed by atoms with Crippen LogP contribution in [0.5, 0.6) is 0 Å². The molecule has 0 spiro atoms. The van der Waals surface area contributed by atoms with Crippen LogP contribution < -0.4 is 11.1 Å². The van der Waals surface area contributed by atoms with Crippen LogP contribution >= 0.6 is 0 Å². The van der Waals surface area contributed by atoms with Crippen LogP contribution in [-0.4, -0.2) is 32.2 Å². The number of carbonyl (C=O) groups excluding carboxylic acids is 1. The van der Waals surface area contributed by atoms with E-state index < -0.39 is 0 Å². The Morgan fingerprint density at radius 1 is 1.64 bits per heavy atom. The third-order valence-corrected chi connectivity index (χ3v) is 2.71. The minimum absolute atomic E-state index is 0.0816. The third-order valence-electron chi connectivity index (χ3n) is 2.71. The maximum Gasteiger partial charge on any atom is 0.223 e. The summed E-state index contributed by atoms with van der Waals surface area (Å²) in [6, 6.07) is 0.0816. The lowest BCUT2D eigenvalue weighted by atomic mass is 9.84. The minimum atomic E-state index is 0.0816. The number of amides is 1. The van der Waals surface area contributed by atoms with Crippen LogP contribution in [0, 0.1) is 5.92 Å². The zero-order valence-corrected chi connectivity index (χ0v) is 8.79. The summed E-state index contributed by atoms with van der Waals surface area (Å²) in [6.45, 7) is 1.13. The summed E-state index contributed by atoms with van der Waals surface area (Å²) in [5.41, 5.74) is 5.45. The van der Waals surface area contributed by atoms with Crippen LogP contribution in [0.4, 0.5) is 0 Å². The van der Waals surface area contributed by atoms with Gasteiger partial charge in [-0.3, -0.25) is 4.79 Å². The van der Waals surface area contributed by atoms with Gasteiger partial charge in [0.15, 0.2) is 0 Å². The van der Waals surface area contributed by atoms with Crippen molar-refractivity contribution in [3.8, 4) is 0 Å². The molecule has 1 rings (SSSR count). The van der Waals surface area contributed by atoms with Crippen molar-refractivity contribution in [2.45, 2.75) is 31.7 Å². The zero-order chi connectivity index (χ0) is 10.4. The van der Waals surface area contributed by atoms with Gasteiger partial charge in [-0.1, -0.05) is 6.42 Å². The van der Waals surface area contributed by atoms with E-state index in [0.717, 1.165) is 19.3 Å². The van der Waals surface area contributed by atoms with Gasteiger partial charge in [0.25, 0.3) is 0 Å². The Morgan fingerprint density at radius 3 is 2.79 bits per heavy atom. The Balaban J connectivity index is 2.25. The Morgan fingerprint density at radius 2 is 2.36 bits per heavy atom. The van der Waals surface area contributed by atoms with Gasteiger partial charge in [-0.2, -0.15) is 0 Å². The lowest BCUT2D eigenvalue weighted by molar-refractivity contribution is -0.128. The fourth-order valence-corrected chi connectivity index (χ4v) is 1.59. The molecule has 1 unspecified atom stereocenters. The molecule has 4 heteroatoms. The number of rotatable bonds is 6. The number of nitrogens with one attached hydrogen (secondary N) is 1. The topological polar surface area (TPSA) is 64.3 Å². The fourth-order valence-electron chi connectivity index (χ4n) is 1.59. The van der Waals surface area contributed by atoms with Crippen LogP contribution in [0.1, 0.15) is 25.7 Å². The molecule has 1 atom stereocenters. The molecule has 0 heterocycles. The van der Waals surface area contributed by atoms with E-state index in [0.29, 0.717) is 13.2 Å². The zero-order valence-electron chi connectivity index (χ0n) is 8.79. The molecule has 0 aromatic heterocycles. The first-order chi connectivity index (χ1) is 6.77. The highest BCUT2D eigenvalue weighted by molar-refractivity contribution is 5.79. The summed E-state index contributed by atoms with van der Waals surface area (Å²) in [5.74, 6) is 0.416. The van der Waals surface area contributed by atoms with E-state index in [-0.39, 0.29) is 17.9 Å². The quantitative estimate of drug-likeness (QED) is 0.646. The molecule has 0 saturated heterocycles. The number of nitrogens with two attached hydrogens (primary N) is 1. The van der Waals surface area contributed by atoms with E-state index in [1.54, 1.807) is 7.11 Å². The average molecular weight is 200 g/mol. The molecule has 14 heavy (non-hydrogen) atoms. The summed E-state index contributed by atoms with van der Waals surface area (Å²) in [7, 11) is 1.64. The fraction of sp³-hybridized carbons (Fsp3) is 0.900. The van der Waals surface area contributed by atoms with Crippen molar-refractivity contribution in [1.82, 2.24) is 5.32 Å². The monoisotopic (exact) mass is 200 g/mol.